The third kappa shape index (κ3) is 5.14. The van der Waals surface area contributed by atoms with Crippen LogP contribution in [0.1, 0.15) is 37.9 Å². The Balaban J connectivity index is 1.77. The van der Waals surface area contributed by atoms with Gasteiger partial charge in [0.1, 0.15) is 5.75 Å². The highest BCUT2D eigenvalue weighted by molar-refractivity contribution is 7.09. The minimum absolute atomic E-state index is 0.0904. The van der Waals surface area contributed by atoms with Crippen molar-refractivity contribution in [1.29, 1.82) is 0 Å². The Bertz CT molecular complexity index is 545. The Hall–Kier alpha value is -1.39. The molecule has 1 atom stereocenters. The SMILES string of the molecule is CC(C)(C)c1csc(CC(N)CCOc2ccccc2)n1. The molecule has 2 aromatic rings. The summed E-state index contributed by atoms with van der Waals surface area (Å²) in [5.41, 5.74) is 7.43. The number of thiazole rings is 1. The molecular weight excluding hydrogens is 280 g/mol. The van der Waals surface area contributed by atoms with Gasteiger partial charge >= 0.3 is 0 Å². The molecule has 4 heteroatoms. The van der Waals surface area contributed by atoms with Crippen LogP contribution in [0.5, 0.6) is 5.75 Å². The second-order valence-corrected chi connectivity index (χ2v) is 7.23. The van der Waals surface area contributed by atoms with Crippen molar-refractivity contribution in [2.75, 3.05) is 6.61 Å². The molecule has 1 heterocycles. The lowest BCUT2D eigenvalue weighted by Crippen LogP contribution is -2.25. The quantitative estimate of drug-likeness (QED) is 0.883. The number of hydrogen-bond acceptors (Lipinski definition) is 4. The molecule has 3 nitrogen and oxygen atoms in total. The fourth-order valence-corrected chi connectivity index (χ4v) is 3.04. The highest BCUT2D eigenvalue weighted by Gasteiger charge is 2.18. The van der Waals surface area contributed by atoms with Gasteiger partial charge in [-0.1, -0.05) is 39.0 Å². The number of para-hydroxylation sites is 1. The van der Waals surface area contributed by atoms with Gasteiger partial charge in [-0.2, -0.15) is 0 Å². The largest absolute Gasteiger partial charge is 0.494 e. The molecule has 0 saturated carbocycles. The second-order valence-electron chi connectivity index (χ2n) is 6.29. The van der Waals surface area contributed by atoms with Gasteiger partial charge in [0.25, 0.3) is 0 Å². The van der Waals surface area contributed by atoms with Crippen molar-refractivity contribution in [3.05, 3.63) is 46.4 Å². The zero-order chi connectivity index (χ0) is 15.3. The van der Waals surface area contributed by atoms with Crippen LogP contribution in [-0.4, -0.2) is 17.6 Å². The van der Waals surface area contributed by atoms with Gasteiger partial charge in [-0.15, -0.1) is 11.3 Å². The van der Waals surface area contributed by atoms with Crippen LogP contribution in [0.25, 0.3) is 0 Å². The van der Waals surface area contributed by atoms with Gasteiger partial charge in [-0.05, 0) is 18.6 Å². The predicted octanol–water partition coefficient (Wildman–Crippen LogP) is 3.78. The number of rotatable bonds is 6. The van der Waals surface area contributed by atoms with Gasteiger partial charge in [0.2, 0.25) is 0 Å². The van der Waals surface area contributed by atoms with E-state index >= 15 is 0 Å². The standard InChI is InChI=1S/C17H24N2OS/c1-17(2,3)15-12-21-16(19-15)11-13(18)9-10-20-14-7-5-4-6-8-14/h4-8,12-13H,9-11,18H2,1-3H3. The Morgan fingerprint density at radius 3 is 2.57 bits per heavy atom. The van der Waals surface area contributed by atoms with Gasteiger partial charge in [0.05, 0.1) is 17.3 Å². The molecule has 2 rings (SSSR count). The molecule has 1 unspecified atom stereocenters. The lowest BCUT2D eigenvalue weighted by atomic mass is 9.93. The molecule has 0 radical (unpaired) electrons. The summed E-state index contributed by atoms with van der Waals surface area (Å²) in [7, 11) is 0. The zero-order valence-corrected chi connectivity index (χ0v) is 13.8. The first-order chi connectivity index (χ1) is 9.95. The average molecular weight is 304 g/mol. The Morgan fingerprint density at radius 2 is 1.95 bits per heavy atom. The van der Waals surface area contributed by atoms with Crippen molar-refractivity contribution in [2.24, 2.45) is 5.73 Å². The van der Waals surface area contributed by atoms with Gasteiger partial charge in [0.15, 0.2) is 0 Å². The van der Waals surface area contributed by atoms with Gasteiger partial charge in [-0.3, -0.25) is 0 Å². The Morgan fingerprint density at radius 1 is 1.24 bits per heavy atom. The first-order valence-electron chi connectivity index (χ1n) is 7.33. The molecule has 0 aliphatic rings. The van der Waals surface area contributed by atoms with E-state index in [1.165, 1.54) is 0 Å². The van der Waals surface area contributed by atoms with Gasteiger partial charge in [0, 0.05) is 23.3 Å². The molecule has 114 valence electrons. The summed E-state index contributed by atoms with van der Waals surface area (Å²) in [5.74, 6) is 0.897. The van der Waals surface area contributed by atoms with Crippen LogP contribution in [-0.2, 0) is 11.8 Å². The van der Waals surface area contributed by atoms with Crippen molar-refractivity contribution in [3.8, 4) is 5.75 Å². The molecule has 0 bridgehead atoms. The number of nitrogens with zero attached hydrogens (tertiary/aromatic N) is 1. The zero-order valence-electron chi connectivity index (χ0n) is 13.0. The van der Waals surface area contributed by atoms with Crippen molar-refractivity contribution < 1.29 is 4.74 Å². The van der Waals surface area contributed by atoms with Gasteiger partial charge in [-0.25, -0.2) is 4.98 Å². The van der Waals surface area contributed by atoms with E-state index in [9.17, 15) is 0 Å². The average Bonchev–Trinajstić information content (AvgIpc) is 2.88. The summed E-state index contributed by atoms with van der Waals surface area (Å²) in [6, 6.07) is 9.93. The molecule has 1 aromatic carbocycles. The van der Waals surface area contributed by atoms with Crippen LogP contribution in [0.2, 0.25) is 0 Å². The fourth-order valence-electron chi connectivity index (χ4n) is 1.92. The maximum Gasteiger partial charge on any atom is 0.119 e. The minimum atomic E-state index is 0.0904. The summed E-state index contributed by atoms with van der Waals surface area (Å²) in [6.45, 7) is 7.18. The number of benzene rings is 1. The molecule has 0 aliphatic heterocycles. The second kappa shape index (κ2) is 7.05. The van der Waals surface area contributed by atoms with Crippen LogP contribution in [0.3, 0.4) is 0 Å². The fraction of sp³-hybridized carbons (Fsp3) is 0.471. The maximum atomic E-state index is 6.17. The lowest BCUT2D eigenvalue weighted by Gasteiger charge is -2.14. The van der Waals surface area contributed by atoms with Crippen LogP contribution in [0.15, 0.2) is 35.7 Å². The van der Waals surface area contributed by atoms with E-state index in [0.29, 0.717) is 6.61 Å². The molecule has 0 aliphatic carbocycles. The number of hydrogen-bond donors (Lipinski definition) is 1. The van der Waals surface area contributed by atoms with E-state index < -0.39 is 0 Å². The first kappa shape index (κ1) is 16.0. The van der Waals surface area contributed by atoms with Crippen LogP contribution in [0.4, 0.5) is 0 Å². The third-order valence-corrected chi connectivity index (χ3v) is 4.13. The van der Waals surface area contributed by atoms with E-state index in [1.807, 2.05) is 30.3 Å². The molecule has 2 N–H and O–H groups in total. The first-order valence-corrected chi connectivity index (χ1v) is 8.21. The normalized spacial score (nSPS) is 13.1. The Labute approximate surface area is 131 Å². The van der Waals surface area contributed by atoms with E-state index in [-0.39, 0.29) is 11.5 Å². The van der Waals surface area contributed by atoms with Crippen molar-refractivity contribution in [3.63, 3.8) is 0 Å². The van der Waals surface area contributed by atoms with E-state index in [0.717, 1.165) is 29.3 Å². The van der Waals surface area contributed by atoms with E-state index in [1.54, 1.807) is 11.3 Å². The monoisotopic (exact) mass is 304 g/mol. The smallest absolute Gasteiger partial charge is 0.119 e. The molecule has 1 aromatic heterocycles. The van der Waals surface area contributed by atoms with E-state index in [4.69, 9.17) is 10.5 Å². The molecule has 0 amide bonds. The maximum absolute atomic E-state index is 6.17. The summed E-state index contributed by atoms with van der Waals surface area (Å²) in [4.78, 5) is 4.69. The summed E-state index contributed by atoms with van der Waals surface area (Å²) in [5, 5.41) is 3.26. The predicted molar refractivity (Wildman–Crippen MR) is 89.0 cm³/mol. The molecule has 21 heavy (non-hydrogen) atoms. The van der Waals surface area contributed by atoms with Crippen LogP contribution >= 0.6 is 11.3 Å². The van der Waals surface area contributed by atoms with E-state index in [2.05, 4.69) is 31.1 Å². The Kier molecular flexibility index (Phi) is 5.37. The van der Waals surface area contributed by atoms with Crippen molar-refractivity contribution >= 4 is 11.3 Å². The van der Waals surface area contributed by atoms with Crippen LogP contribution < -0.4 is 10.5 Å². The highest BCUT2D eigenvalue weighted by Crippen LogP contribution is 2.24. The number of aromatic nitrogens is 1. The summed E-state index contributed by atoms with van der Waals surface area (Å²) >= 11 is 1.70. The molecule has 0 fully saturated rings. The highest BCUT2D eigenvalue weighted by atomic mass is 32.1. The summed E-state index contributed by atoms with van der Waals surface area (Å²) in [6.07, 6.45) is 1.65. The molecular formula is C17H24N2OS. The molecule has 0 spiro atoms. The lowest BCUT2D eigenvalue weighted by molar-refractivity contribution is 0.297. The summed E-state index contributed by atoms with van der Waals surface area (Å²) < 4.78 is 5.68. The molecule has 0 saturated heterocycles. The van der Waals surface area contributed by atoms with Crippen molar-refractivity contribution in [1.82, 2.24) is 4.98 Å². The number of nitrogens with two attached hydrogens (primary N) is 1. The number of ether oxygens (including phenoxy) is 1. The van der Waals surface area contributed by atoms with Gasteiger partial charge < -0.3 is 10.5 Å². The van der Waals surface area contributed by atoms with Crippen molar-refractivity contribution in [2.45, 2.75) is 45.1 Å². The third-order valence-electron chi connectivity index (χ3n) is 3.26. The minimum Gasteiger partial charge on any atom is -0.494 e. The van der Waals surface area contributed by atoms with Crippen LogP contribution in [0, 0.1) is 0 Å². The topological polar surface area (TPSA) is 48.1 Å².